The molecule has 0 aromatic rings. The normalized spacial score (nSPS) is 40.3. The number of carbonyl (C=O) groups is 2. The minimum absolute atomic E-state index is 0.0138. The van der Waals surface area contributed by atoms with Crippen LogP contribution in [0, 0.1) is 23.7 Å². The molecule has 4 atom stereocenters. The Labute approximate surface area is 106 Å². The molecule has 0 aromatic carbocycles. The Balaban J connectivity index is 1.95. The van der Waals surface area contributed by atoms with E-state index in [-0.39, 0.29) is 41.5 Å². The zero-order valence-corrected chi connectivity index (χ0v) is 10.2. The van der Waals surface area contributed by atoms with Crippen molar-refractivity contribution in [2.24, 2.45) is 23.7 Å². The summed E-state index contributed by atoms with van der Waals surface area (Å²) in [5.74, 6) is -0.584. The van der Waals surface area contributed by atoms with Crippen LogP contribution in [-0.4, -0.2) is 31.1 Å². The summed E-state index contributed by atoms with van der Waals surface area (Å²) in [6, 6.07) is 0. The average Bonchev–Trinajstić information content (AvgIpc) is 2.87. The Morgan fingerprint density at radius 3 is 2.28 bits per heavy atom. The van der Waals surface area contributed by atoms with Crippen LogP contribution in [0.25, 0.3) is 0 Å². The quantitative estimate of drug-likeness (QED) is 0.653. The molecule has 3 rings (SSSR count). The van der Waals surface area contributed by atoms with Crippen LogP contribution in [0.1, 0.15) is 6.92 Å². The zero-order valence-electron chi connectivity index (χ0n) is 10.2. The maximum absolute atomic E-state index is 12.1. The summed E-state index contributed by atoms with van der Waals surface area (Å²) in [7, 11) is 0. The summed E-state index contributed by atoms with van der Waals surface area (Å²) >= 11 is 0. The lowest BCUT2D eigenvalue weighted by Gasteiger charge is -2.38. The van der Waals surface area contributed by atoms with E-state index in [1.165, 1.54) is 12.2 Å². The molecule has 18 heavy (non-hydrogen) atoms. The first-order valence-electron chi connectivity index (χ1n) is 6.36. The molecule has 2 aliphatic carbocycles. The van der Waals surface area contributed by atoms with Gasteiger partial charge >= 0.3 is 0 Å². The van der Waals surface area contributed by atoms with E-state index in [1.54, 1.807) is 0 Å². The highest BCUT2D eigenvalue weighted by molar-refractivity contribution is 6.07. The van der Waals surface area contributed by atoms with Crippen molar-refractivity contribution in [3.05, 3.63) is 24.3 Å². The Kier molecular flexibility index (Phi) is 2.92. The van der Waals surface area contributed by atoms with Crippen molar-refractivity contribution in [2.45, 2.75) is 13.2 Å². The van der Waals surface area contributed by atoms with Crippen molar-refractivity contribution in [1.29, 1.82) is 0 Å². The smallest absolute Gasteiger partial charge is 0.164 e. The van der Waals surface area contributed by atoms with Gasteiger partial charge in [0.05, 0.1) is 13.2 Å². The van der Waals surface area contributed by atoms with Gasteiger partial charge < -0.3 is 9.47 Å². The molecule has 1 heterocycles. The van der Waals surface area contributed by atoms with E-state index in [2.05, 4.69) is 0 Å². The molecule has 0 bridgehead atoms. The monoisotopic (exact) mass is 248 g/mol. The first-order valence-corrected chi connectivity index (χ1v) is 6.36. The Morgan fingerprint density at radius 1 is 1.00 bits per heavy atom. The number of fused-ring (bicyclic) bond motifs is 1. The molecule has 3 aliphatic rings. The maximum Gasteiger partial charge on any atom is 0.164 e. The summed E-state index contributed by atoms with van der Waals surface area (Å²) in [5.41, 5.74) is 0. The number of hydrogen-bond acceptors (Lipinski definition) is 4. The molecule has 0 unspecified atom stereocenters. The second-order valence-electron chi connectivity index (χ2n) is 5.12. The molecule has 0 aromatic heterocycles. The van der Waals surface area contributed by atoms with Crippen molar-refractivity contribution in [3.8, 4) is 0 Å². The third-order valence-electron chi connectivity index (χ3n) is 4.04. The van der Waals surface area contributed by atoms with Crippen molar-refractivity contribution in [3.63, 3.8) is 0 Å². The summed E-state index contributed by atoms with van der Waals surface area (Å²) in [4.78, 5) is 24.1. The number of ether oxygens (including phenoxy) is 2. The molecule has 1 aliphatic heterocycles. The summed E-state index contributed by atoms with van der Waals surface area (Å²) < 4.78 is 11.0. The number of carbonyl (C=O) groups excluding carboxylic acids is 2. The first kappa shape index (κ1) is 11.8. The molecule has 0 N–H and O–H groups in total. The van der Waals surface area contributed by atoms with Crippen molar-refractivity contribution < 1.29 is 19.1 Å². The molecule has 96 valence electrons. The second kappa shape index (κ2) is 4.44. The Hall–Kier alpha value is -1.26. The van der Waals surface area contributed by atoms with Gasteiger partial charge in [0.2, 0.25) is 0 Å². The highest BCUT2D eigenvalue weighted by atomic mass is 16.7. The average molecular weight is 248 g/mol. The minimum atomic E-state index is -0.385. The van der Waals surface area contributed by atoms with Crippen LogP contribution in [0.2, 0.25) is 0 Å². The fourth-order valence-corrected chi connectivity index (χ4v) is 3.16. The van der Waals surface area contributed by atoms with Crippen molar-refractivity contribution in [1.82, 2.24) is 0 Å². The number of rotatable bonds is 1. The number of ketones is 2. The minimum Gasteiger partial charge on any atom is -0.350 e. The topological polar surface area (TPSA) is 52.6 Å². The molecular weight excluding hydrogens is 232 g/mol. The van der Waals surface area contributed by atoms with Gasteiger partial charge in [-0.05, 0) is 18.1 Å². The van der Waals surface area contributed by atoms with E-state index in [1.807, 2.05) is 19.1 Å². The first-order chi connectivity index (χ1) is 8.68. The van der Waals surface area contributed by atoms with Crippen LogP contribution in [0.4, 0.5) is 0 Å². The van der Waals surface area contributed by atoms with E-state index in [0.29, 0.717) is 13.2 Å². The van der Waals surface area contributed by atoms with Gasteiger partial charge in [-0.25, -0.2) is 0 Å². The van der Waals surface area contributed by atoms with Crippen LogP contribution < -0.4 is 0 Å². The van der Waals surface area contributed by atoms with Gasteiger partial charge in [0.15, 0.2) is 17.9 Å². The summed E-state index contributed by atoms with van der Waals surface area (Å²) in [6.07, 6.45) is 6.40. The van der Waals surface area contributed by atoms with Crippen LogP contribution in [-0.2, 0) is 19.1 Å². The van der Waals surface area contributed by atoms with Crippen LogP contribution in [0.15, 0.2) is 24.3 Å². The van der Waals surface area contributed by atoms with Gasteiger partial charge in [0, 0.05) is 17.8 Å². The van der Waals surface area contributed by atoms with E-state index in [0.717, 1.165) is 0 Å². The van der Waals surface area contributed by atoms with E-state index in [4.69, 9.17) is 9.47 Å². The van der Waals surface area contributed by atoms with E-state index in [9.17, 15) is 9.59 Å². The SMILES string of the molecule is C[C@H]1C=C[C@@H](C2OCCO2)[C@H]2C(=O)C=CC(=O)[C@@H]21. The molecule has 4 heteroatoms. The number of hydrogen-bond donors (Lipinski definition) is 0. The molecule has 4 nitrogen and oxygen atoms in total. The predicted octanol–water partition coefficient (Wildman–Crippen LogP) is 1.12. The molecule has 0 saturated carbocycles. The predicted molar refractivity (Wildman–Crippen MR) is 63.6 cm³/mol. The highest BCUT2D eigenvalue weighted by Crippen LogP contribution is 2.41. The van der Waals surface area contributed by atoms with Crippen LogP contribution in [0.3, 0.4) is 0 Å². The molecular formula is C14H16O4. The molecule has 0 spiro atoms. The van der Waals surface area contributed by atoms with Gasteiger partial charge in [-0.3, -0.25) is 9.59 Å². The standard InChI is InChI=1S/C14H16O4/c1-8-2-3-9(14-17-6-7-18-14)13-11(16)5-4-10(15)12(8)13/h2-5,8-9,12-14H,6-7H2,1H3/t8-,9+,12-,13-/m0/s1. The van der Waals surface area contributed by atoms with Gasteiger partial charge in [0.25, 0.3) is 0 Å². The third-order valence-corrected chi connectivity index (χ3v) is 4.04. The van der Waals surface area contributed by atoms with Gasteiger partial charge in [-0.15, -0.1) is 0 Å². The lowest BCUT2D eigenvalue weighted by Crippen LogP contribution is -2.45. The summed E-state index contributed by atoms with van der Waals surface area (Å²) in [5, 5.41) is 0. The van der Waals surface area contributed by atoms with E-state index >= 15 is 0 Å². The Morgan fingerprint density at radius 2 is 1.61 bits per heavy atom. The third kappa shape index (κ3) is 1.76. The number of allylic oxidation sites excluding steroid dienone is 3. The van der Waals surface area contributed by atoms with Gasteiger partial charge in [0.1, 0.15) is 0 Å². The van der Waals surface area contributed by atoms with Crippen molar-refractivity contribution >= 4 is 11.6 Å². The fourth-order valence-electron chi connectivity index (χ4n) is 3.16. The Bertz CT molecular complexity index is 431. The van der Waals surface area contributed by atoms with Crippen LogP contribution >= 0.6 is 0 Å². The molecule has 0 amide bonds. The second-order valence-corrected chi connectivity index (χ2v) is 5.12. The van der Waals surface area contributed by atoms with Gasteiger partial charge in [-0.2, -0.15) is 0 Å². The largest absolute Gasteiger partial charge is 0.350 e. The molecule has 0 radical (unpaired) electrons. The van der Waals surface area contributed by atoms with E-state index < -0.39 is 0 Å². The summed E-state index contributed by atoms with van der Waals surface area (Å²) in [6.45, 7) is 3.09. The highest BCUT2D eigenvalue weighted by Gasteiger charge is 2.47. The molecule has 1 saturated heterocycles. The lowest BCUT2D eigenvalue weighted by atomic mass is 9.65. The maximum atomic E-state index is 12.1. The van der Waals surface area contributed by atoms with Gasteiger partial charge in [-0.1, -0.05) is 19.1 Å². The molecule has 1 fully saturated rings. The van der Waals surface area contributed by atoms with Crippen LogP contribution in [0.5, 0.6) is 0 Å². The zero-order chi connectivity index (χ0) is 12.7. The lowest BCUT2D eigenvalue weighted by molar-refractivity contribution is -0.141. The fraction of sp³-hybridized carbons (Fsp3) is 0.571. The van der Waals surface area contributed by atoms with Crippen molar-refractivity contribution in [2.75, 3.05) is 13.2 Å².